The monoisotopic (exact) mass is 256 g/mol. The Kier molecular flexibility index (Phi) is 7.13. The maximum Gasteiger partial charge on any atom is 0.0713 e. The number of rotatable bonds is 1. The van der Waals surface area contributed by atoms with Gasteiger partial charge in [-0.3, -0.25) is 0 Å². The van der Waals surface area contributed by atoms with E-state index in [0.29, 0.717) is 11.6 Å². The van der Waals surface area contributed by atoms with Gasteiger partial charge in [-0.1, -0.05) is 0 Å². The summed E-state index contributed by atoms with van der Waals surface area (Å²) in [5.74, 6) is 0. The molecule has 92 valence electrons. The summed E-state index contributed by atoms with van der Waals surface area (Å²) < 4.78 is 5.40. The van der Waals surface area contributed by atoms with Gasteiger partial charge < -0.3 is 15.4 Å². The summed E-state index contributed by atoms with van der Waals surface area (Å²) in [5, 5.41) is 7.10. The second-order valence-corrected chi connectivity index (χ2v) is 4.33. The van der Waals surface area contributed by atoms with Crippen LogP contribution < -0.4 is 10.6 Å². The van der Waals surface area contributed by atoms with Gasteiger partial charge in [0.05, 0.1) is 6.10 Å². The SMILES string of the molecule is COC1CNC2(CCCNCC2)C1.Cl.Cl. The molecular weight excluding hydrogens is 235 g/mol. The van der Waals surface area contributed by atoms with Crippen LogP contribution in [0.4, 0.5) is 0 Å². The summed E-state index contributed by atoms with van der Waals surface area (Å²) in [6.45, 7) is 3.38. The molecular formula is C10H22Cl2N2O. The van der Waals surface area contributed by atoms with Crippen molar-refractivity contribution in [2.45, 2.75) is 37.3 Å². The summed E-state index contributed by atoms with van der Waals surface area (Å²) in [6, 6.07) is 0. The molecule has 3 nitrogen and oxygen atoms in total. The zero-order valence-corrected chi connectivity index (χ0v) is 10.9. The highest BCUT2D eigenvalue weighted by Crippen LogP contribution is 2.30. The topological polar surface area (TPSA) is 33.3 Å². The Labute approximate surface area is 105 Å². The molecule has 15 heavy (non-hydrogen) atoms. The quantitative estimate of drug-likeness (QED) is 0.744. The predicted molar refractivity (Wildman–Crippen MR) is 67.4 cm³/mol. The standard InChI is InChI=1S/C10H20N2O.2ClH/c1-13-9-7-10(12-8-9)3-2-5-11-6-4-10;;/h9,11-12H,2-8H2,1H3;2*1H. The van der Waals surface area contributed by atoms with Crippen LogP contribution in [0.25, 0.3) is 0 Å². The zero-order chi connectivity index (χ0) is 9.15. The summed E-state index contributed by atoms with van der Waals surface area (Å²) in [4.78, 5) is 0. The zero-order valence-electron chi connectivity index (χ0n) is 9.25. The van der Waals surface area contributed by atoms with Gasteiger partial charge in [-0.2, -0.15) is 0 Å². The molecule has 1 spiro atoms. The molecule has 2 aliphatic rings. The van der Waals surface area contributed by atoms with Crippen molar-refractivity contribution in [1.82, 2.24) is 10.6 Å². The Balaban J connectivity index is 0.000000980. The first-order valence-electron chi connectivity index (χ1n) is 5.33. The van der Waals surface area contributed by atoms with Crippen molar-refractivity contribution in [3.8, 4) is 0 Å². The minimum atomic E-state index is 0. The Morgan fingerprint density at radius 2 is 2.00 bits per heavy atom. The summed E-state index contributed by atoms with van der Waals surface area (Å²) >= 11 is 0. The van der Waals surface area contributed by atoms with Crippen LogP contribution in [0, 0.1) is 0 Å². The second-order valence-electron chi connectivity index (χ2n) is 4.33. The van der Waals surface area contributed by atoms with Crippen molar-refractivity contribution in [3.05, 3.63) is 0 Å². The number of hydrogen-bond donors (Lipinski definition) is 2. The van der Waals surface area contributed by atoms with Crippen LogP contribution in [-0.4, -0.2) is 38.4 Å². The van der Waals surface area contributed by atoms with Crippen LogP contribution in [0.2, 0.25) is 0 Å². The van der Waals surface area contributed by atoms with Crippen molar-refractivity contribution in [3.63, 3.8) is 0 Å². The largest absolute Gasteiger partial charge is 0.380 e. The Morgan fingerprint density at radius 1 is 1.20 bits per heavy atom. The van der Waals surface area contributed by atoms with Crippen molar-refractivity contribution in [2.24, 2.45) is 0 Å². The van der Waals surface area contributed by atoms with Crippen LogP contribution in [0.5, 0.6) is 0 Å². The molecule has 2 unspecified atom stereocenters. The number of nitrogens with one attached hydrogen (secondary N) is 2. The molecule has 0 saturated carbocycles. The molecule has 0 aliphatic carbocycles. The minimum Gasteiger partial charge on any atom is -0.380 e. The van der Waals surface area contributed by atoms with Crippen LogP contribution in [0.1, 0.15) is 25.7 Å². The van der Waals surface area contributed by atoms with E-state index in [1.807, 2.05) is 7.11 Å². The molecule has 0 radical (unpaired) electrons. The van der Waals surface area contributed by atoms with E-state index in [1.165, 1.54) is 32.2 Å². The predicted octanol–water partition coefficient (Wildman–Crippen LogP) is 1.35. The van der Waals surface area contributed by atoms with E-state index < -0.39 is 0 Å². The van der Waals surface area contributed by atoms with Crippen LogP contribution >= 0.6 is 24.8 Å². The van der Waals surface area contributed by atoms with Crippen molar-refractivity contribution in [1.29, 1.82) is 0 Å². The van der Waals surface area contributed by atoms with Gasteiger partial charge in [0.2, 0.25) is 0 Å². The third-order valence-electron chi connectivity index (χ3n) is 3.45. The average Bonchev–Trinajstić information content (AvgIpc) is 2.40. The van der Waals surface area contributed by atoms with E-state index in [4.69, 9.17) is 4.74 Å². The summed E-state index contributed by atoms with van der Waals surface area (Å²) in [6.07, 6.45) is 5.50. The fourth-order valence-corrected chi connectivity index (χ4v) is 2.59. The third-order valence-corrected chi connectivity index (χ3v) is 3.45. The van der Waals surface area contributed by atoms with Gasteiger partial charge in [0, 0.05) is 19.2 Å². The first-order valence-corrected chi connectivity index (χ1v) is 5.33. The molecule has 2 fully saturated rings. The van der Waals surface area contributed by atoms with E-state index in [2.05, 4.69) is 10.6 Å². The Morgan fingerprint density at radius 3 is 2.67 bits per heavy atom. The molecule has 0 aromatic rings. The van der Waals surface area contributed by atoms with E-state index in [-0.39, 0.29) is 24.8 Å². The Bertz CT molecular complexity index is 173. The second kappa shape index (κ2) is 6.92. The van der Waals surface area contributed by atoms with E-state index in [9.17, 15) is 0 Å². The summed E-state index contributed by atoms with van der Waals surface area (Å²) in [5.41, 5.74) is 0.393. The third kappa shape index (κ3) is 3.75. The molecule has 2 aliphatic heterocycles. The van der Waals surface area contributed by atoms with Gasteiger partial charge in [-0.05, 0) is 38.8 Å². The minimum absolute atomic E-state index is 0. The fraction of sp³-hybridized carbons (Fsp3) is 1.00. The number of methoxy groups -OCH3 is 1. The lowest BCUT2D eigenvalue weighted by molar-refractivity contribution is 0.111. The maximum absolute atomic E-state index is 5.40. The molecule has 2 rings (SSSR count). The molecule has 5 heteroatoms. The van der Waals surface area contributed by atoms with E-state index in [1.54, 1.807) is 0 Å². The fourth-order valence-electron chi connectivity index (χ4n) is 2.59. The van der Waals surface area contributed by atoms with Crippen molar-refractivity contribution in [2.75, 3.05) is 26.7 Å². The highest BCUT2D eigenvalue weighted by molar-refractivity contribution is 5.85. The van der Waals surface area contributed by atoms with Crippen LogP contribution in [0.3, 0.4) is 0 Å². The van der Waals surface area contributed by atoms with Gasteiger partial charge in [0.25, 0.3) is 0 Å². The molecule has 0 aromatic carbocycles. The highest BCUT2D eigenvalue weighted by atomic mass is 35.5. The molecule has 2 N–H and O–H groups in total. The van der Waals surface area contributed by atoms with Crippen LogP contribution in [0.15, 0.2) is 0 Å². The van der Waals surface area contributed by atoms with Crippen LogP contribution in [-0.2, 0) is 4.74 Å². The van der Waals surface area contributed by atoms with E-state index >= 15 is 0 Å². The average molecular weight is 257 g/mol. The van der Waals surface area contributed by atoms with Gasteiger partial charge in [0.1, 0.15) is 0 Å². The molecule has 2 saturated heterocycles. The van der Waals surface area contributed by atoms with Gasteiger partial charge >= 0.3 is 0 Å². The highest BCUT2D eigenvalue weighted by Gasteiger charge is 2.38. The first-order chi connectivity index (χ1) is 6.35. The first kappa shape index (κ1) is 15.5. The molecule has 0 bridgehead atoms. The molecule has 2 heterocycles. The lowest BCUT2D eigenvalue weighted by atomic mass is 9.88. The lowest BCUT2D eigenvalue weighted by Gasteiger charge is -2.27. The number of hydrogen-bond acceptors (Lipinski definition) is 3. The molecule has 0 amide bonds. The number of ether oxygens (including phenoxy) is 1. The smallest absolute Gasteiger partial charge is 0.0713 e. The van der Waals surface area contributed by atoms with E-state index in [0.717, 1.165) is 13.1 Å². The van der Waals surface area contributed by atoms with Gasteiger partial charge in [-0.15, -0.1) is 24.8 Å². The Hall–Kier alpha value is 0.460. The maximum atomic E-state index is 5.40. The molecule has 2 atom stereocenters. The normalized spacial score (nSPS) is 35.4. The molecule has 0 aromatic heterocycles. The van der Waals surface area contributed by atoms with Gasteiger partial charge in [-0.25, -0.2) is 0 Å². The number of halogens is 2. The lowest BCUT2D eigenvalue weighted by Crippen LogP contribution is -2.40. The van der Waals surface area contributed by atoms with Crippen molar-refractivity contribution >= 4 is 24.8 Å². The van der Waals surface area contributed by atoms with Crippen molar-refractivity contribution < 1.29 is 4.74 Å². The summed E-state index contributed by atoms with van der Waals surface area (Å²) in [7, 11) is 1.82. The van der Waals surface area contributed by atoms with Gasteiger partial charge in [0.15, 0.2) is 0 Å².